The molecule has 14 heavy (non-hydrogen) atoms. The summed E-state index contributed by atoms with van der Waals surface area (Å²) in [7, 11) is 0. The summed E-state index contributed by atoms with van der Waals surface area (Å²) in [5.74, 6) is 1.18. The molecule has 0 amide bonds. The van der Waals surface area contributed by atoms with Crippen molar-refractivity contribution in [2.45, 2.75) is 39.9 Å². The Hall–Kier alpha value is -1.16. The fourth-order valence-corrected chi connectivity index (χ4v) is 0.918. The number of ether oxygens (including phenoxy) is 1. The second-order valence-corrected chi connectivity index (χ2v) is 4.23. The first-order valence-electron chi connectivity index (χ1n) is 4.60. The van der Waals surface area contributed by atoms with Gasteiger partial charge in [-0.05, 0) is 27.7 Å². The number of hydrogen-bond acceptors (Lipinski definition) is 4. The first kappa shape index (κ1) is 10.9. The molecule has 2 N–H and O–H groups in total. The minimum atomic E-state index is -0.169. The molecule has 4 nitrogen and oxygen atoms in total. The van der Waals surface area contributed by atoms with E-state index in [0.29, 0.717) is 18.2 Å². The van der Waals surface area contributed by atoms with Crippen molar-refractivity contribution in [3.8, 4) is 0 Å². The summed E-state index contributed by atoms with van der Waals surface area (Å²) >= 11 is 0. The van der Waals surface area contributed by atoms with Crippen molar-refractivity contribution in [2.24, 2.45) is 0 Å². The van der Waals surface area contributed by atoms with Crippen molar-refractivity contribution in [2.75, 3.05) is 5.73 Å². The third kappa shape index (κ3) is 3.30. The zero-order valence-corrected chi connectivity index (χ0v) is 9.16. The van der Waals surface area contributed by atoms with Crippen LogP contribution in [0.4, 0.5) is 5.82 Å². The second-order valence-electron chi connectivity index (χ2n) is 4.23. The SMILES string of the molecule is Cc1ncc(COC(C)(C)C)c(N)n1. The number of hydrogen-bond donors (Lipinski definition) is 1. The lowest BCUT2D eigenvalue weighted by molar-refractivity contribution is -0.0148. The second kappa shape index (κ2) is 3.92. The number of aryl methyl sites for hydroxylation is 1. The molecule has 0 aliphatic heterocycles. The zero-order valence-electron chi connectivity index (χ0n) is 9.16. The highest BCUT2D eigenvalue weighted by molar-refractivity contribution is 5.36. The summed E-state index contributed by atoms with van der Waals surface area (Å²) in [6.07, 6.45) is 1.71. The van der Waals surface area contributed by atoms with E-state index in [-0.39, 0.29) is 5.60 Å². The maximum absolute atomic E-state index is 5.72. The van der Waals surface area contributed by atoms with Gasteiger partial charge in [-0.3, -0.25) is 0 Å². The van der Waals surface area contributed by atoms with Crippen LogP contribution in [0, 0.1) is 6.92 Å². The molecule has 0 saturated carbocycles. The molecule has 1 heterocycles. The lowest BCUT2D eigenvalue weighted by Crippen LogP contribution is -2.19. The van der Waals surface area contributed by atoms with Gasteiger partial charge in [0.15, 0.2) is 0 Å². The Labute approximate surface area is 84.5 Å². The Morgan fingerprint density at radius 2 is 2.07 bits per heavy atom. The summed E-state index contributed by atoms with van der Waals surface area (Å²) in [4.78, 5) is 8.13. The van der Waals surface area contributed by atoms with E-state index in [1.165, 1.54) is 0 Å². The van der Waals surface area contributed by atoms with E-state index in [0.717, 1.165) is 5.56 Å². The smallest absolute Gasteiger partial charge is 0.132 e. The van der Waals surface area contributed by atoms with Gasteiger partial charge in [0.2, 0.25) is 0 Å². The highest BCUT2D eigenvalue weighted by Gasteiger charge is 2.11. The topological polar surface area (TPSA) is 61.0 Å². The van der Waals surface area contributed by atoms with Gasteiger partial charge in [0, 0.05) is 11.8 Å². The average molecular weight is 195 g/mol. The van der Waals surface area contributed by atoms with Gasteiger partial charge < -0.3 is 10.5 Å². The van der Waals surface area contributed by atoms with Crippen LogP contribution in [-0.2, 0) is 11.3 Å². The molecule has 0 unspecified atom stereocenters. The van der Waals surface area contributed by atoms with Crippen LogP contribution in [0.15, 0.2) is 6.20 Å². The molecule has 1 aromatic rings. The normalized spacial score (nSPS) is 11.7. The largest absolute Gasteiger partial charge is 0.383 e. The molecule has 0 aliphatic rings. The molecule has 0 saturated heterocycles. The van der Waals surface area contributed by atoms with Crippen molar-refractivity contribution in [3.05, 3.63) is 17.6 Å². The molecular weight excluding hydrogens is 178 g/mol. The highest BCUT2D eigenvalue weighted by Crippen LogP contribution is 2.14. The molecule has 0 bridgehead atoms. The van der Waals surface area contributed by atoms with Gasteiger partial charge >= 0.3 is 0 Å². The van der Waals surface area contributed by atoms with E-state index in [1.807, 2.05) is 27.7 Å². The number of rotatable bonds is 2. The molecule has 78 valence electrons. The minimum Gasteiger partial charge on any atom is -0.383 e. The Bertz CT molecular complexity index is 318. The summed E-state index contributed by atoms with van der Waals surface area (Å²) < 4.78 is 5.58. The molecule has 0 radical (unpaired) electrons. The van der Waals surface area contributed by atoms with Crippen LogP contribution in [0.3, 0.4) is 0 Å². The minimum absolute atomic E-state index is 0.169. The van der Waals surface area contributed by atoms with Gasteiger partial charge in [-0.1, -0.05) is 0 Å². The maximum Gasteiger partial charge on any atom is 0.132 e. The van der Waals surface area contributed by atoms with Gasteiger partial charge in [0.1, 0.15) is 11.6 Å². The molecule has 0 atom stereocenters. The molecule has 0 aliphatic carbocycles. The Kier molecular flexibility index (Phi) is 3.06. The summed E-state index contributed by atoms with van der Waals surface area (Å²) in [5.41, 5.74) is 6.39. The van der Waals surface area contributed by atoms with E-state index in [2.05, 4.69) is 9.97 Å². The number of aromatic nitrogens is 2. The fraction of sp³-hybridized carbons (Fsp3) is 0.600. The van der Waals surface area contributed by atoms with Crippen LogP contribution < -0.4 is 5.73 Å². The highest BCUT2D eigenvalue weighted by atomic mass is 16.5. The van der Waals surface area contributed by atoms with E-state index >= 15 is 0 Å². The summed E-state index contributed by atoms with van der Waals surface area (Å²) in [6.45, 7) is 8.26. The van der Waals surface area contributed by atoms with Crippen molar-refractivity contribution >= 4 is 5.82 Å². The van der Waals surface area contributed by atoms with Crippen molar-refractivity contribution < 1.29 is 4.74 Å². The van der Waals surface area contributed by atoms with Gasteiger partial charge in [0.25, 0.3) is 0 Å². The van der Waals surface area contributed by atoms with E-state index < -0.39 is 0 Å². The van der Waals surface area contributed by atoms with Crippen molar-refractivity contribution in [1.82, 2.24) is 9.97 Å². The van der Waals surface area contributed by atoms with E-state index in [9.17, 15) is 0 Å². The first-order valence-corrected chi connectivity index (χ1v) is 4.60. The molecule has 1 aromatic heterocycles. The molecule has 4 heteroatoms. The number of nitrogens with two attached hydrogens (primary N) is 1. The Balaban J connectivity index is 2.68. The quantitative estimate of drug-likeness (QED) is 0.780. The van der Waals surface area contributed by atoms with Gasteiger partial charge in [-0.15, -0.1) is 0 Å². The van der Waals surface area contributed by atoms with Crippen LogP contribution in [0.5, 0.6) is 0 Å². The molecule has 1 rings (SSSR count). The lowest BCUT2D eigenvalue weighted by atomic mass is 10.2. The van der Waals surface area contributed by atoms with Crippen molar-refractivity contribution in [3.63, 3.8) is 0 Å². The molecule has 0 aromatic carbocycles. The van der Waals surface area contributed by atoms with E-state index in [1.54, 1.807) is 6.20 Å². The first-order chi connectivity index (χ1) is 6.38. The Morgan fingerprint density at radius 3 is 2.57 bits per heavy atom. The summed E-state index contributed by atoms with van der Waals surface area (Å²) in [5, 5.41) is 0. The zero-order chi connectivity index (χ0) is 10.8. The van der Waals surface area contributed by atoms with Crippen LogP contribution in [0.25, 0.3) is 0 Å². The van der Waals surface area contributed by atoms with Crippen LogP contribution >= 0.6 is 0 Å². The number of nitrogens with zero attached hydrogens (tertiary/aromatic N) is 2. The predicted molar refractivity (Wildman–Crippen MR) is 55.7 cm³/mol. The van der Waals surface area contributed by atoms with E-state index in [4.69, 9.17) is 10.5 Å². The average Bonchev–Trinajstić information content (AvgIpc) is 2.00. The number of anilines is 1. The van der Waals surface area contributed by atoms with Gasteiger partial charge in [-0.2, -0.15) is 0 Å². The van der Waals surface area contributed by atoms with Crippen LogP contribution in [0.2, 0.25) is 0 Å². The Morgan fingerprint density at radius 1 is 1.43 bits per heavy atom. The van der Waals surface area contributed by atoms with Gasteiger partial charge in [0.05, 0.1) is 12.2 Å². The third-order valence-corrected chi connectivity index (χ3v) is 1.68. The van der Waals surface area contributed by atoms with Crippen LogP contribution in [-0.4, -0.2) is 15.6 Å². The molecule has 0 spiro atoms. The van der Waals surface area contributed by atoms with Crippen LogP contribution in [0.1, 0.15) is 32.2 Å². The predicted octanol–water partition coefficient (Wildman–Crippen LogP) is 1.68. The van der Waals surface area contributed by atoms with Gasteiger partial charge in [-0.25, -0.2) is 9.97 Å². The molecular formula is C10H17N3O. The summed E-state index contributed by atoms with van der Waals surface area (Å²) in [6, 6.07) is 0. The van der Waals surface area contributed by atoms with Crippen molar-refractivity contribution in [1.29, 1.82) is 0 Å². The standard InChI is InChI=1S/C10H17N3O/c1-7-12-5-8(9(11)13-7)6-14-10(2,3)4/h5H,6H2,1-4H3,(H2,11,12,13). The number of nitrogen functional groups attached to an aromatic ring is 1. The lowest BCUT2D eigenvalue weighted by Gasteiger charge is -2.19. The fourth-order valence-electron chi connectivity index (χ4n) is 0.918. The third-order valence-electron chi connectivity index (χ3n) is 1.68. The monoisotopic (exact) mass is 195 g/mol. The maximum atomic E-state index is 5.72. The molecule has 0 fully saturated rings.